The molecule has 0 aromatic heterocycles. The number of esters is 1. The summed E-state index contributed by atoms with van der Waals surface area (Å²) in [5, 5.41) is 0.660. The fraction of sp³-hybridized carbons (Fsp3) is 0.364. The molecule has 3 nitrogen and oxygen atoms in total. The Morgan fingerprint density at radius 3 is 2.80 bits per heavy atom. The summed E-state index contributed by atoms with van der Waals surface area (Å²) in [7, 11) is 3.20. The van der Waals surface area contributed by atoms with Crippen LogP contribution in [-0.2, 0) is 9.53 Å². The molecule has 0 radical (unpaired) electrons. The zero-order valence-electron chi connectivity index (χ0n) is 9.08. The number of nitrogens with zero attached hydrogens (tertiary/aromatic N) is 1. The molecule has 0 aliphatic carbocycles. The lowest BCUT2D eigenvalue weighted by Crippen LogP contribution is -2.26. The minimum Gasteiger partial charge on any atom is -0.468 e. The molecule has 0 aliphatic heterocycles. The maximum Gasteiger partial charge on any atom is 0.325 e. The van der Waals surface area contributed by atoms with Crippen molar-refractivity contribution in [2.24, 2.45) is 0 Å². The molecule has 0 spiro atoms. The van der Waals surface area contributed by atoms with Gasteiger partial charge in [-0.05, 0) is 24.6 Å². The van der Waals surface area contributed by atoms with E-state index in [4.69, 9.17) is 11.6 Å². The highest BCUT2D eigenvalue weighted by Crippen LogP contribution is 2.23. The number of anilines is 1. The van der Waals surface area contributed by atoms with Crippen molar-refractivity contribution in [2.45, 2.75) is 6.92 Å². The first kappa shape index (κ1) is 11.9. The van der Waals surface area contributed by atoms with E-state index in [0.29, 0.717) is 5.02 Å². The third-order valence-electron chi connectivity index (χ3n) is 2.18. The molecule has 0 fully saturated rings. The number of likely N-dealkylation sites (N-methyl/N-ethyl adjacent to an activating group) is 1. The van der Waals surface area contributed by atoms with Gasteiger partial charge in [0.2, 0.25) is 0 Å². The summed E-state index contributed by atoms with van der Waals surface area (Å²) in [5.41, 5.74) is 2.01. The number of benzene rings is 1. The van der Waals surface area contributed by atoms with Gasteiger partial charge in [-0.1, -0.05) is 17.7 Å². The SMILES string of the molecule is COC(=O)CN(C)c1cc(Cl)ccc1C. The third-order valence-corrected chi connectivity index (χ3v) is 2.41. The second-order valence-corrected chi connectivity index (χ2v) is 3.80. The van der Waals surface area contributed by atoms with E-state index in [-0.39, 0.29) is 12.5 Å². The summed E-state index contributed by atoms with van der Waals surface area (Å²) >= 11 is 5.89. The fourth-order valence-electron chi connectivity index (χ4n) is 1.34. The van der Waals surface area contributed by atoms with Gasteiger partial charge in [-0.2, -0.15) is 0 Å². The highest BCUT2D eigenvalue weighted by atomic mass is 35.5. The number of halogens is 1. The van der Waals surface area contributed by atoms with E-state index >= 15 is 0 Å². The van der Waals surface area contributed by atoms with Crippen molar-refractivity contribution in [3.8, 4) is 0 Å². The molecule has 1 aromatic rings. The van der Waals surface area contributed by atoms with Crippen LogP contribution >= 0.6 is 11.6 Å². The minimum atomic E-state index is -0.267. The molecule has 0 bridgehead atoms. The number of hydrogen-bond acceptors (Lipinski definition) is 3. The van der Waals surface area contributed by atoms with E-state index < -0.39 is 0 Å². The first-order chi connectivity index (χ1) is 7.04. The van der Waals surface area contributed by atoms with E-state index in [2.05, 4.69) is 4.74 Å². The van der Waals surface area contributed by atoms with Gasteiger partial charge in [-0.3, -0.25) is 4.79 Å². The van der Waals surface area contributed by atoms with Gasteiger partial charge in [-0.15, -0.1) is 0 Å². The van der Waals surface area contributed by atoms with Crippen LogP contribution in [0.4, 0.5) is 5.69 Å². The maximum atomic E-state index is 11.1. The van der Waals surface area contributed by atoms with Gasteiger partial charge in [0.05, 0.1) is 7.11 Å². The van der Waals surface area contributed by atoms with Crippen LogP contribution in [0.25, 0.3) is 0 Å². The zero-order valence-corrected chi connectivity index (χ0v) is 9.84. The number of rotatable bonds is 3. The van der Waals surface area contributed by atoms with Gasteiger partial charge < -0.3 is 9.64 Å². The number of ether oxygens (including phenoxy) is 1. The monoisotopic (exact) mass is 227 g/mol. The fourth-order valence-corrected chi connectivity index (χ4v) is 1.50. The molecule has 0 saturated heterocycles. The van der Waals surface area contributed by atoms with Gasteiger partial charge in [0.15, 0.2) is 0 Å². The summed E-state index contributed by atoms with van der Waals surface area (Å²) in [6, 6.07) is 5.58. The lowest BCUT2D eigenvalue weighted by atomic mass is 10.2. The quantitative estimate of drug-likeness (QED) is 0.742. The summed E-state index contributed by atoms with van der Waals surface area (Å²) < 4.78 is 4.60. The van der Waals surface area contributed by atoms with E-state index in [0.717, 1.165) is 11.3 Å². The standard InChI is InChI=1S/C11H14ClNO2/c1-8-4-5-9(12)6-10(8)13(2)7-11(14)15-3/h4-6H,7H2,1-3H3. The highest BCUT2D eigenvalue weighted by molar-refractivity contribution is 6.30. The van der Waals surface area contributed by atoms with E-state index in [1.165, 1.54) is 7.11 Å². The minimum absolute atomic E-state index is 0.220. The van der Waals surface area contributed by atoms with Gasteiger partial charge in [0.1, 0.15) is 6.54 Å². The molecule has 15 heavy (non-hydrogen) atoms. The van der Waals surface area contributed by atoms with E-state index in [9.17, 15) is 4.79 Å². The first-order valence-electron chi connectivity index (χ1n) is 4.58. The second kappa shape index (κ2) is 5.03. The molecule has 1 aromatic carbocycles. The zero-order chi connectivity index (χ0) is 11.4. The van der Waals surface area contributed by atoms with Crippen LogP contribution in [0.3, 0.4) is 0 Å². The lowest BCUT2D eigenvalue weighted by molar-refractivity contribution is -0.138. The third kappa shape index (κ3) is 3.13. The van der Waals surface area contributed by atoms with Crippen LogP contribution in [0.5, 0.6) is 0 Å². The van der Waals surface area contributed by atoms with Gasteiger partial charge in [-0.25, -0.2) is 0 Å². The van der Waals surface area contributed by atoms with Crippen molar-refractivity contribution in [3.05, 3.63) is 28.8 Å². The molecule has 0 amide bonds. The van der Waals surface area contributed by atoms with Crippen molar-refractivity contribution in [3.63, 3.8) is 0 Å². The van der Waals surface area contributed by atoms with Crippen LogP contribution in [0.1, 0.15) is 5.56 Å². The molecule has 0 unspecified atom stereocenters. The van der Waals surface area contributed by atoms with E-state index in [1.54, 1.807) is 0 Å². The summed E-state index contributed by atoms with van der Waals surface area (Å²) in [6.45, 7) is 2.19. The van der Waals surface area contributed by atoms with Gasteiger partial charge >= 0.3 is 5.97 Å². The van der Waals surface area contributed by atoms with Crippen LogP contribution in [0.2, 0.25) is 5.02 Å². The van der Waals surface area contributed by atoms with Crippen molar-refractivity contribution in [1.29, 1.82) is 0 Å². The van der Waals surface area contributed by atoms with Crippen molar-refractivity contribution in [1.82, 2.24) is 0 Å². The second-order valence-electron chi connectivity index (χ2n) is 3.36. The molecule has 0 heterocycles. The average molecular weight is 228 g/mol. The molecular weight excluding hydrogens is 214 g/mol. The van der Waals surface area contributed by atoms with Crippen LogP contribution < -0.4 is 4.90 Å². The van der Waals surface area contributed by atoms with E-state index in [1.807, 2.05) is 37.1 Å². The number of carbonyl (C=O) groups is 1. The molecule has 4 heteroatoms. The Morgan fingerprint density at radius 1 is 1.53 bits per heavy atom. The van der Waals surface area contributed by atoms with Crippen molar-refractivity contribution >= 4 is 23.3 Å². The number of aryl methyl sites for hydroxylation is 1. The lowest BCUT2D eigenvalue weighted by Gasteiger charge is -2.20. The maximum absolute atomic E-state index is 11.1. The van der Waals surface area contributed by atoms with Crippen molar-refractivity contribution in [2.75, 3.05) is 25.6 Å². The Hall–Kier alpha value is -1.22. The molecule has 0 aliphatic rings. The van der Waals surface area contributed by atoms with Crippen LogP contribution in [0, 0.1) is 6.92 Å². The number of carbonyl (C=O) groups excluding carboxylic acids is 1. The highest BCUT2D eigenvalue weighted by Gasteiger charge is 2.09. The summed E-state index contributed by atoms with van der Waals surface area (Å²) in [6.07, 6.45) is 0. The molecule has 0 atom stereocenters. The van der Waals surface area contributed by atoms with Crippen molar-refractivity contribution < 1.29 is 9.53 Å². The topological polar surface area (TPSA) is 29.5 Å². The summed E-state index contributed by atoms with van der Waals surface area (Å²) in [5.74, 6) is -0.267. The Bertz CT molecular complexity index is 366. The molecule has 0 saturated carbocycles. The Kier molecular flexibility index (Phi) is 3.97. The smallest absolute Gasteiger partial charge is 0.325 e. The Balaban J connectivity index is 2.85. The normalized spacial score (nSPS) is 9.87. The number of hydrogen-bond donors (Lipinski definition) is 0. The Morgan fingerprint density at radius 2 is 2.20 bits per heavy atom. The van der Waals surface area contributed by atoms with Crippen LogP contribution in [0.15, 0.2) is 18.2 Å². The largest absolute Gasteiger partial charge is 0.468 e. The predicted molar refractivity (Wildman–Crippen MR) is 61.5 cm³/mol. The molecular formula is C11H14ClNO2. The van der Waals surface area contributed by atoms with Gasteiger partial charge in [0, 0.05) is 17.8 Å². The van der Waals surface area contributed by atoms with Gasteiger partial charge in [0.25, 0.3) is 0 Å². The number of methoxy groups -OCH3 is 1. The Labute approximate surface area is 94.6 Å². The molecule has 0 N–H and O–H groups in total. The van der Waals surface area contributed by atoms with Crippen LogP contribution in [-0.4, -0.2) is 26.7 Å². The average Bonchev–Trinajstić information content (AvgIpc) is 2.21. The predicted octanol–water partition coefficient (Wildman–Crippen LogP) is 2.26. The first-order valence-corrected chi connectivity index (χ1v) is 4.96. The molecule has 1 rings (SSSR count). The summed E-state index contributed by atoms with van der Waals surface area (Å²) in [4.78, 5) is 12.9. The molecule has 82 valence electrons.